The SMILES string of the molecule is CNc1cc(F)c(F)c2c1[nH]c1ncc(-c3cnc(OC)nc3)c(N3CCCC3CN)c12. The molecule has 0 spiro atoms. The molecule has 0 bridgehead atoms. The molecule has 4 aromatic rings. The van der Waals surface area contributed by atoms with E-state index in [9.17, 15) is 4.39 Å². The van der Waals surface area contributed by atoms with E-state index in [0.717, 1.165) is 36.7 Å². The quantitative estimate of drug-likeness (QED) is 0.438. The Bertz CT molecular complexity index is 1310. The molecule has 1 aromatic carbocycles. The van der Waals surface area contributed by atoms with Crippen LogP contribution in [0.2, 0.25) is 0 Å². The van der Waals surface area contributed by atoms with E-state index < -0.39 is 11.6 Å². The van der Waals surface area contributed by atoms with Crippen LogP contribution in [0.5, 0.6) is 6.01 Å². The first-order valence-electron chi connectivity index (χ1n) is 10.4. The van der Waals surface area contributed by atoms with Gasteiger partial charge in [0.15, 0.2) is 11.6 Å². The van der Waals surface area contributed by atoms with E-state index in [-0.39, 0.29) is 17.4 Å². The van der Waals surface area contributed by atoms with Gasteiger partial charge in [-0.25, -0.2) is 23.7 Å². The van der Waals surface area contributed by atoms with E-state index in [0.29, 0.717) is 34.3 Å². The number of halogens is 2. The Morgan fingerprint density at radius 2 is 2.00 bits per heavy atom. The molecule has 8 nitrogen and oxygen atoms in total. The molecule has 4 N–H and O–H groups in total. The predicted octanol–water partition coefficient (Wildman–Crippen LogP) is 3.43. The number of benzene rings is 1. The molecular weight excluding hydrogens is 416 g/mol. The lowest BCUT2D eigenvalue weighted by Gasteiger charge is -2.29. The fourth-order valence-electron chi connectivity index (χ4n) is 4.58. The molecule has 0 radical (unpaired) electrons. The van der Waals surface area contributed by atoms with Crippen LogP contribution >= 0.6 is 0 Å². The third-order valence-electron chi connectivity index (χ3n) is 6.09. The largest absolute Gasteiger partial charge is 0.467 e. The molecule has 1 saturated heterocycles. The van der Waals surface area contributed by atoms with Gasteiger partial charge in [-0.15, -0.1) is 0 Å². The van der Waals surface area contributed by atoms with Gasteiger partial charge in [0.25, 0.3) is 0 Å². The van der Waals surface area contributed by atoms with Gasteiger partial charge in [-0.2, -0.15) is 0 Å². The molecule has 1 aliphatic heterocycles. The highest BCUT2D eigenvalue weighted by Crippen LogP contribution is 2.44. The number of fused-ring (bicyclic) bond motifs is 3. The van der Waals surface area contributed by atoms with Crippen molar-refractivity contribution >= 4 is 33.3 Å². The summed E-state index contributed by atoms with van der Waals surface area (Å²) in [5.41, 5.74) is 9.61. The Morgan fingerprint density at radius 3 is 2.69 bits per heavy atom. The average molecular weight is 439 g/mol. The molecular formula is C22H23F2N7O. The van der Waals surface area contributed by atoms with Crippen molar-refractivity contribution < 1.29 is 13.5 Å². The second kappa shape index (κ2) is 7.86. The van der Waals surface area contributed by atoms with Crippen molar-refractivity contribution in [3.63, 3.8) is 0 Å². The molecule has 0 saturated carbocycles. The zero-order valence-corrected chi connectivity index (χ0v) is 17.7. The molecule has 10 heteroatoms. The number of hydrogen-bond donors (Lipinski definition) is 3. The fourth-order valence-corrected chi connectivity index (χ4v) is 4.58. The molecule has 1 unspecified atom stereocenters. The fraction of sp³-hybridized carbons (Fsp3) is 0.318. The Morgan fingerprint density at radius 1 is 1.22 bits per heavy atom. The van der Waals surface area contributed by atoms with Gasteiger partial charge in [0.05, 0.1) is 34.8 Å². The maximum absolute atomic E-state index is 15.2. The van der Waals surface area contributed by atoms with Crippen LogP contribution in [-0.2, 0) is 0 Å². The van der Waals surface area contributed by atoms with Crippen LogP contribution in [0.25, 0.3) is 33.1 Å². The number of anilines is 2. The lowest BCUT2D eigenvalue weighted by molar-refractivity contribution is 0.380. The monoisotopic (exact) mass is 439 g/mol. The Kier molecular flexibility index (Phi) is 5.01. The summed E-state index contributed by atoms with van der Waals surface area (Å²) in [6.45, 7) is 1.19. The molecule has 1 aliphatic rings. The first-order chi connectivity index (χ1) is 15.6. The van der Waals surface area contributed by atoms with E-state index in [2.05, 4.69) is 30.2 Å². The van der Waals surface area contributed by atoms with E-state index in [4.69, 9.17) is 10.5 Å². The van der Waals surface area contributed by atoms with E-state index in [1.807, 2.05) is 0 Å². The minimum absolute atomic E-state index is 0.0730. The zero-order valence-electron chi connectivity index (χ0n) is 17.7. The molecule has 3 aromatic heterocycles. The molecule has 32 heavy (non-hydrogen) atoms. The summed E-state index contributed by atoms with van der Waals surface area (Å²) in [6, 6.07) is 1.46. The van der Waals surface area contributed by atoms with Crippen LogP contribution in [0.1, 0.15) is 12.8 Å². The first kappa shape index (κ1) is 20.4. The van der Waals surface area contributed by atoms with Crippen molar-refractivity contribution in [3.8, 4) is 17.1 Å². The minimum atomic E-state index is -0.927. The normalized spacial score (nSPS) is 16.3. The Labute approximate surface area is 182 Å². The second-order valence-electron chi connectivity index (χ2n) is 7.77. The maximum Gasteiger partial charge on any atom is 0.316 e. The Balaban J connectivity index is 1.89. The van der Waals surface area contributed by atoms with Gasteiger partial charge >= 0.3 is 6.01 Å². The third-order valence-corrected chi connectivity index (χ3v) is 6.09. The number of H-pyrrole nitrogens is 1. The number of ether oxygens (including phenoxy) is 1. The summed E-state index contributed by atoms with van der Waals surface area (Å²) in [6.07, 6.45) is 6.84. The van der Waals surface area contributed by atoms with E-state index >= 15 is 4.39 Å². The van der Waals surface area contributed by atoms with Gasteiger partial charge in [0.1, 0.15) is 5.65 Å². The molecule has 4 heterocycles. The highest BCUT2D eigenvalue weighted by Gasteiger charge is 2.30. The van der Waals surface area contributed by atoms with Gasteiger partial charge in [0, 0.05) is 62.0 Å². The molecule has 5 rings (SSSR count). The topological polar surface area (TPSA) is 105 Å². The van der Waals surface area contributed by atoms with Crippen molar-refractivity contribution in [1.82, 2.24) is 19.9 Å². The summed E-state index contributed by atoms with van der Waals surface area (Å²) >= 11 is 0. The lowest BCUT2D eigenvalue weighted by Crippen LogP contribution is -2.35. The van der Waals surface area contributed by atoms with Crippen LogP contribution in [-0.4, -0.2) is 53.2 Å². The maximum atomic E-state index is 15.2. The van der Waals surface area contributed by atoms with Gasteiger partial charge in [-0.3, -0.25) is 0 Å². The van der Waals surface area contributed by atoms with Crippen LogP contribution in [0.4, 0.5) is 20.2 Å². The summed E-state index contributed by atoms with van der Waals surface area (Å²) < 4.78 is 34.8. The third kappa shape index (κ3) is 3.01. The summed E-state index contributed by atoms with van der Waals surface area (Å²) in [4.78, 5) is 18.3. The van der Waals surface area contributed by atoms with Crippen LogP contribution in [0, 0.1) is 11.6 Å². The van der Waals surface area contributed by atoms with Gasteiger partial charge in [-0.1, -0.05) is 0 Å². The number of methoxy groups -OCH3 is 1. The second-order valence-corrected chi connectivity index (χ2v) is 7.77. The summed E-state index contributed by atoms with van der Waals surface area (Å²) in [7, 11) is 3.16. The first-order valence-corrected chi connectivity index (χ1v) is 10.4. The molecule has 0 amide bonds. The Hall–Kier alpha value is -3.53. The molecule has 1 atom stereocenters. The highest BCUT2D eigenvalue weighted by atomic mass is 19.2. The number of hydrogen-bond acceptors (Lipinski definition) is 7. The summed E-state index contributed by atoms with van der Waals surface area (Å²) in [5, 5.41) is 3.61. The van der Waals surface area contributed by atoms with Crippen molar-refractivity contribution in [3.05, 3.63) is 36.3 Å². The van der Waals surface area contributed by atoms with Crippen LogP contribution < -0.4 is 20.7 Å². The number of aromatic nitrogens is 4. The molecule has 166 valence electrons. The number of nitrogens with one attached hydrogen (secondary N) is 2. The average Bonchev–Trinajstić information content (AvgIpc) is 3.45. The zero-order chi connectivity index (χ0) is 22.4. The van der Waals surface area contributed by atoms with E-state index in [1.54, 1.807) is 25.6 Å². The van der Waals surface area contributed by atoms with Gasteiger partial charge < -0.3 is 25.7 Å². The number of pyridine rings is 1. The van der Waals surface area contributed by atoms with Crippen molar-refractivity contribution in [1.29, 1.82) is 0 Å². The lowest BCUT2D eigenvalue weighted by atomic mass is 10.0. The predicted molar refractivity (Wildman–Crippen MR) is 120 cm³/mol. The van der Waals surface area contributed by atoms with E-state index in [1.165, 1.54) is 7.11 Å². The highest BCUT2D eigenvalue weighted by molar-refractivity contribution is 6.18. The number of aromatic amines is 1. The van der Waals surface area contributed by atoms with Crippen LogP contribution in [0.15, 0.2) is 24.7 Å². The minimum Gasteiger partial charge on any atom is -0.467 e. The van der Waals surface area contributed by atoms with Crippen LogP contribution in [0.3, 0.4) is 0 Å². The number of nitrogens with two attached hydrogens (primary N) is 1. The van der Waals surface area contributed by atoms with Crippen molar-refractivity contribution in [2.75, 3.05) is 37.5 Å². The smallest absolute Gasteiger partial charge is 0.316 e. The van der Waals surface area contributed by atoms with Crippen molar-refractivity contribution in [2.45, 2.75) is 18.9 Å². The number of nitrogens with zero attached hydrogens (tertiary/aromatic N) is 4. The van der Waals surface area contributed by atoms with Gasteiger partial charge in [-0.05, 0) is 12.8 Å². The molecule has 0 aliphatic carbocycles. The van der Waals surface area contributed by atoms with Crippen molar-refractivity contribution in [2.24, 2.45) is 5.73 Å². The molecule has 1 fully saturated rings. The summed E-state index contributed by atoms with van der Waals surface area (Å²) in [5.74, 6) is -1.84. The number of rotatable bonds is 5. The standard InChI is InChI=1S/C22H23F2N7O/c1-26-15-6-14(23)18(24)16-17-20(31-5-3-4-12(31)7-25)13(10-27-21(17)30-19(15)16)11-8-28-22(32-2)29-9-11/h6,8-10,12,26H,3-5,7,25H2,1-2H3,(H,27,30). The van der Waals surface area contributed by atoms with Gasteiger partial charge in [0.2, 0.25) is 0 Å².